The fourth-order valence-electron chi connectivity index (χ4n) is 6.03. The molecule has 0 aliphatic carbocycles. The minimum absolute atomic E-state index is 0.462. The molecule has 0 aromatic heterocycles. The molecule has 220 valence electrons. The van der Waals surface area contributed by atoms with Gasteiger partial charge >= 0.3 is 6.92 Å². The average Bonchev–Trinajstić information content (AvgIpc) is 3.29. The maximum atomic E-state index is 7.30. The van der Waals surface area contributed by atoms with Crippen molar-refractivity contribution in [2.24, 2.45) is 4.99 Å². The first-order valence-corrected chi connectivity index (χ1v) is 15.5. The lowest BCUT2D eigenvalue weighted by Gasteiger charge is -2.22. The van der Waals surface area contributed by atoms with Gasteiger partial charge < -0.3 is 9.39 Å². The Labute approximate surface area is 271 Å². The van der Waals surface area contributed by atoms with Gasteiger partial charge in [-0.15, -0.1) is 0 Å². The number of ether oxygens (including phenoxy) is 1. The zero-order chi connectivity index (χ0) is 31.1. The van der Waals surface area contributed by atoms with E-state index in [1.807, 2.05) is 36.4 Å². The molecule has 0 amide bonds. The van der Waals surface area contributed by atoms with Crippen LogP contribution in [-0.2, 0) is 4.65 Å². The molecule has 1 heterocycles. The van der Waals surface area contributed by atoms with E-state index in [4.69, 9.17) is 14.4 Å². The summed E-state index contributed by atoms with van der Waals surface area (Å²) in [6, 6.07) is 60.5. The number of rotatable bonds is 7. The predicted octanol–water partition coefficient (Wildman–Crippen LogP) is 9.42. The van der Waals surface area contributed by atoms with Crippen LogP contribution >= 0.6 is 0 Å². The Hall–Kier alpha value is -5.87. The van der Waals surface area contributed by atoms with E-state index < -0.39 is 6.92 Å². The fraction of sp³-hybridized carbons (Fsp3) is 0.0238. The summed E-state index contributed by atoms with van der Waals surface area (Å²) in [6.07, 6.45) is 0. The van der Waals surface area contributed by atoms with Gasteiger partial charge in [-0.05, 0) is 63.0 Å². The van der Waals surface area contributed by atoms with Crippen molar-refractivity contribution in [2.45, 2.75) is 0 Å². The van der Waals surface area contributed by atoms with Gasteiger partial charge in [-0.25, -0.2) is 4.99 Å². The number of benzene rings is 6. The fourth-order valence-corrected chi connectivity index (χ4v) is 6.03. The van der Waals surface area contributed by atoms with Gasteiger partial charge in [0.1, 0.15) is 5.75 Å². The lowest BCUT2D eigenvalue weighted by molar-refractivity contribution is 0.415. The van der Waals surface area contributed by atoms with Crippen molar-refractivity contribution in [3.8, 4) is 5.75 Å². The van der Waals surface area contributed by atoms with Crippen molar-refractivity contribution in [1.29, 1.82) is 0 Å². The molecule has 1 aliphatic heterocycles. The van der Waals surface area contributed by atoms with Crippen LogP contribution < -0.4 is 10.2 Å². The van der Waals surface area contributed by atoms with Crippen molar-refractivity contribution in [3.05, 3.63) is 198 Å². The van der Waals surface area contributed by atoms with Crippen molar-refractivity contribution >= 4 is 46.2 Å². The molecule has 0 atom stereocenters. The van der Waals surface area contributed by atoms with E-state index in [9.17, 15) is 0 Å². The molecule has 4 heteroatoms. The number of allylic oxidation sites excluding steroid dienone is 2. The summed E-state index contributed by atoms with van der Waals surface area (Å²) in [5.74, 6) is 1.32. The lowest BCUT2D eigenvalue weighted by Crippen LogP contribution is -2.37. The summed E-state index contributed by atoms with van der Waals surface area (Å²) in [5, 5.41) is 0. The van der Waals surface area contributed by atoms with Gasteiger partial charge in [-0.3, -0.25) is 0 Å². The summed E-state index contributed by atoms with van der Waals surface area (Å²) in [7, 11) is 1.67. The standard InChI is InChI=1S/C42H32BNO2/c1-45-37-29-27-36(28-30-37)44-42-40(33-21-11-4-12-22-33)38(31-17-7-2-8-18-31)39(32-19-9-3-10-20-32)41(34-23-13-5-14-24-34)43(46-42)35-25-15-6-16-26-35/h2-30H,1H3. The third kappa shape index (κ3) is 5.93. The van der Waals surface area contributed by atoms with Gasteiger partial charge in [0.25, 0.3) is 0 Å². The van der Waals surface area contributed by atoms with Gasteiger partial charge in [0, 0.05) is 5.57 Å². The van der Waals surface area contributed by atoms with E-state index in [-0.39, 0.29) is 0 Å². The molecule has 0 spiro atoms. The van der Waals surface area contributed by atoms with Crippen molar-refractivity contribution < 1.29 is 9.39 Å². The minimum atomic E-state index is -0.462. The summed E-state index contributed by atoms with van der Waals surface area (Å²) in [6.45, 7) is -0.462. The second-order valence-electron chi connectivity index (χ2n) is 11.0. The summed E-state index contributed by atoms with van der Waals surface area (Å²) in [5.41, 5.74) is 10.3. The number of hydrogen-bond donors (Lipinski definition) is 0. The van der Waals surface area contributed by atoms with E-state index in [1.165, 1.54) is 0 Å². The Bertz CT molecular complexity index is 2000. The number of nitrogens with zero attached hydrogens (tertiary/aromatic N) is 1. The highest BCUT2D eigenvalue weighted by Gasteiger charge is 2.38. The smallest absolute Gasteiger partial charge is 0.429 e. The Kier molecular flexibility index (Phi) is 8.42. The van der Waals surface area contributed by atoms with Crippen LogP contribution in [0, 0.1) is 0 Å². The molecule has 3 nitrogen and oxygen atoms in total. The van der Waals surface area contributed by atoms with E-state index in [1.54, 1.807) is 7.11 Å². The zero-order valence-electron chi connectivity index (χ0n) is 25.6. The van der Waals surface area contributed by atoms with Crippen LogP contribution in [0.25, 0.3) is 22.2 Å². The molecule has 0 radical (unpaired) electrons. The second kappa shape index (κ2) is 13.4. The molecule has 1 aliphatic rings. The molecule has 46 heavy (non-hydrogen) atoms. The second-order valence-corrected chi connectivity index (χ2v) is 11.0. The van der Waals surface area contributed by atoms with Crippen LogP contribution in [-0.4, -0.2) is 19.9 Å². The third-order valence-electron chi connectivity index (χ3n) is 8.15. The first-order valence-electron chi connectivity index (χ1n) is 15.5. The van der Waals surface area contributed by atoms with Gasteiger partial charge in [-0.1, -0.05) is 152 Å². The summed E-state index contributed by atoms with van der Waals surface area (Å²) < 4.78 is 12.7. The van der Waals surface area contributed by atoms with Gasteiger partial charge in [0.05, 0.1) is 18.4 Å². The molecule has 0 unspecified atom stereocenters. The Balaban J connectivity index is 1.66. The summed E-state index contributed by atoms with van der Waals surface area (Å²) in [4.78, 5) is 5.27. The van der Waals surface area contributed by atoms with Crippen LogP contribution in [0.4, 0.5) is 5.69 Å². The molecule has 0 N–H and O–H groups in total. The third-order valence-corrected chi connectivity index (χ3v) is 8.15. The van der Waals surface area contributed by atoms with E-state index in [0.29, 0.717) is 5.90 Å². The highest BCUT2D eigenvalue weighted by molar-refractivity contribution is 6.89. The SMILES string of the molecule is COc1ccc(N=C2OB(c3ccccc3)C(c3ccccc3)=C(c3ccccc3)C(c3ccccc3)=C2c2ccccc2)cc1. The molecular formula is C42H32BNO2. The highest BCUT2D eigenvalue weighted by atomic mass is 16.5. The average molecular weight is 594 g/mol. The maximum absolute atomic E-state index is 7.30. The molecule has 7 rings (SSSR count). The van der Waals surface area contributed by atoms with Crippen molar-refractivity contribution in [2.75, 3.05) is 7.11 Å². The molecule has 6 aromatic rings. The quantitative estimate of drug-likeness (QED) is 0.173. The van der Waals surface area contributed by atoms with Gasteiger partial charge in [-0.2, -0.15) is 0 Å². The zero-order valence-corrected chi connectivity index (χ0v) is 25.6. The van der Waals surface area contributed by atoms with Crippen LogP contribution in [0.15, 0.2) is 181 Å². The van der Waals surface area contributed by atoms with Gasteiger partial charge in [0.15, 0.2) is 0 Å². The first kappa shape index (κ1) is 28.9. The molecule has 0 saturated carbocycles. The Morgan fingerprint density at radius 2 is 0.891 bits per heavy atom. The molecule has 6 aromatic carbocycles. The Morgan fingerprint density at radius 1 is 0.457 bits per heavy atom. The number of hydrogen-bond acceptors (Lipinski definition) is 3. The number of methoxy groups -OCH3 is 1. The van der Waals surface area contributed by atoms with Crippen molar-refractivity contribution in [3.63, 3.8) is 0 Å². The molecule has 0 fully saturated rings. The van der Waals surface area contributed by atoms with Crippen molar-refractivity contribution in [1.82, 2.24) is 0 Å². The normalized spacial score (nSPS) is 14.2. The summed E-state index contributed by atoms with van der Waals surface area (Å²) >= 11 is 0. The van der Waals surface area contributed by atoms with E-state index in [0.717, 1.165) is 61.3 Å². The lowest BCUT2D eigenvalue weighted by atomic mass is 9.51. The molecular weight excluding hydrogens is 561 g/mol. The topological polar surface area (TPSA) is 30.8 Å². The largest absolute Gasteiger partial charge is 0.537 e. The number of aliphatic imine (C=N–C) groups is 1. The monoisotopic (exact) mass is 593 g/mol. The van der Waals surface area contributed by atoms with E-state index >= 15 is 0 Å². The predicted molar refractivity (Wildman–Crippen MR) is 192 cm³/mol. The Morgan fingerprint density at radius 3 is 1.39 bits per heavy atom. The molecule has 0 saturated heterocycles. The maximum Gasteiger partial charge on any atom is 0.429 e. The molecule has 0 bridgehead atoms. The van der Waals surface area contributed by atoms with Crippen LogP contribution in [0.2, 0.25) is 0 Å². The van der Waals surface area contributed by atoms with Crippen LogP contribution in [0.3, 0.4) is 0 Å². The highest BCUT2D eigenvalue weighted by Crippen LogP contribution is 2.46. The van der Waals surface area contributed by atoms with Gasteiger partial charge in [0.2, 0.25) is 5.90 Å². The minimum Gasteiger partial charge on any atom is -0.537 e. The van der Waals surface area contributed by atoms with Crippen LogP contribution in [0.5, 0.6) is 5.75 Å². The van der Waals surface area contributed by atoms with Crippen LogP contribution in [0.1, 0.15) is 22.3 Å². The van der Waals surface area contributed by atoms with E-state index in [2.05, 4.69) is 140 Å². The first-order chi connectivity index (χ1) is 22.8.